The van der Waals surface area contributed by atoms with Crippen LogP contribution < -0.4 is 0 Å². The summed E-state index contributed by atoms with van der Waals surface area (Å²) in [5.74, 6) is -1.14. The number of carboxylic acids is 1. The quantitative estimate of drug-likeness (QED) is 0.425. The van der Waals surface area contributed by atoms with Gasteiger partial charge in [-0.25, -0.2) is 4.79 Å². The smallest absolute Gasteiger partial charge is 0.327 e. The predicted molar refractivity (Wildman–Crippen MR) is 58.5 cm³/mol. The average molecular weight is 227 g/mol. The predicted octanol–water partition coefficient (Wildman–Crippen LogP) is 1.89. The number of hydrogen-bond donors (Lipinski definition) is 1. The first-order chi connectivity index (χ1) is 7.58. The van der Waals surface area contributed by atoms with Gasteiger partial charge < -0.3 is 9.84 Å². The van der Waals surface area contributed by atoms with Gasteiger partial charge in [0.1, 0.15) is 0 Å². The number of aliphatic carboxylic acids is 1. The van der Waals surface area contributed by atoms with Crippen LogP contribution in [0.2, 0.25) is 0 Å². The molecule has 1 N–H and O–H groups in total. The van der Waals surface area contributed by atoms with E-state index < -0.39 is 5.97 Å². The number of nitriles is 1. The maximum atomic E-state index is 10.7. The van der Waals surface area contributed by atoms with Crippen LogP contribution in [0.3, 0.4) is 0 Å². The minimum absolute atomic E-state index is 0.162. The lowest BCUT2D eigenvalue weighted by Crippen LogP contribution is -2.04. The van der Waals surface area contributed by atoms with Gasteiger partial charge in [0, 0.05) is 18.9 Å². The lowest BCUT2D eigenvalue weighted by atomic mass is 10.3. The molecule has 0 rings (SSSR count). The maximum absolute atomic E-state index is 10.7. The molecule has 5 nitrogen and oxygen atoms in total. The Labute approximate surface area is 95.3 Å². The van der Waals surface area contributed by atoms with Crippen LogP contribution in [0, 0.1) is 11.3 Å². The average Bonchev–Trinajstić information content (AvgIpc) is 2.26. The third kappa shape index (κ3) is 18.1. The zero-order chi connectivity index (χ0) is 12.8. The highest BCUT2D eigenvalue weighted by atomic mass is 16.5. The zero-order valence-corrected chi connectivity index (χ0v) is 9.44. The fourth-order valence-electron chi connectivity index (χ4n) is 0.614. The molecule has 0 unspecified atom stereocenters. The van der Waals surface area contributed by atoms with Crippen molar-refractivity contribution < 1.29 is 19.4 Å². The summed E-state index contributed by atoms with van der Waals surface area (Å²) >= 11 is 0. The second kappa shape index (κ2) is 13.2. The molecule has 0 aromatic carbocycles. The molecule has 90 valence electrons. The van der Waals surface area contributed by atoms with E-state index in [2.05, 4.69) is 6.58 Å². The first kappa shape index (κ1) is 16.6. The summed E-state index contributed by atoms with van der Waals surface area (Å²) in [5.41, 5.74) is 0. The molecular formula is C11H17NO4. The van der Waals surface area contributed by atoms with E-state index in [1.807, 2.05) is 13.0 Å². The number of esters is 1. The molecule has 0 aliphatic rings. The van der Waals surface area contributed by atoms with Gasteiger partial charge in [0.2, 0.25) is 0 Å². The van der Waals surface area contributed by atoms with Crippen LogP contribution in [-0.2, 0) is 14.3 Å². The highest BCUT2D eigenvalue weighted by molar-refractivity contribution is 5.78. The fraction of sp³-hybridized carbons (Fsp3) is 0.545. The minimum atomic E-state index is -0.981. The zero-order valence-electron chi connectivity index (χ0n) is 9.44. The molecule has 0 aliphatic carbocycles. The van der Waals surface area contributed by atoms with Gasteiger partial charge in [-0.15, -0.1) is 0 Å². The SMILES string of the molecule is C=CC(=O)O.CCCC(=O)OCCCC#N. The van der Waals surface area contributed by atoms with Crippen molar-refractivity contribution in [3.05, 3.63) is 12.7 Å². The van der Waals surface area contributed by atoms with Gasteiger partial charge >= 0.3 is 11.9 Å². The van der Waals surface area contributed by atoms with Gasteiger partial charge in [-0.2, -0.15) is 5.26 Å². The number of carboxylic acid groups (broad SMARTS) is 1. The molecule has 0 heterocycles. The Balaban J connectivity index is 0. The largest absolute Gasteiger partial charge is 0.478 e. The molecule has 0 spiro atoms. The van der Waals surface area contributed by atoms with Crippen molar-refractivity contribution in [2.24, 2.45) is 0 Å². The second-order valence-corrected chi connectivity index (χ2v) is 2.77. The second-order valence-electron chi connectivity index (χ2n) is 2.77. The lowest BCUT2D eigenvalue weighted by molar-refractivity contribution is -0.143. The normalized spacial score (nSPS) is 8.00. The van der Waals surface area contributed by atoms with Crippen LogP contribution in [0.5, 0.6) is 0 Å². The van der Waals surface area contributed by atoms with Crippen molar-refractivity contribution in [1.29, 1.82) is 5.26 Å². The Morgan fingerprint density at radius 1 is 1.56 bits per heavy atom. The summed E-state index contributed by atoms with van der Waals surface area (Å²) in [6.45, 7) is 5.27. The van der Waals surface area contributed by atoms with Crippen molar-refractivity contribution in [3.8, 4) is 6.07 Å². The first-order valence-corrected chi connectivity index (χ1v) is 4.96. The number of ether oxygens (including phenoxy) is 1. The van der Waals surface area contributed by atoms with Gasteiger partial charge in [0.15, 0.2) is 0 Å². The van der Waals surface area contributed by atoms with Crippen LogP contribution in [-0.4, -0.2) is 23.7 Å². The van der Waals surface area contributed by atoms with Gasteiger partial charge in [-0.1, -0.05) is 13.5 Å². The third-order valence-electron chi connectivity index (χ3n) is 1.32. The number of hydrogen-bond acceptors (Lipinski definition) is 4. The van der Waals surface area contributed by atoms with Gasteiger partial charge in [-0.3, -0.25) is 4.79 Å². The Morgan fingerprint density at radius 3 is 2.50 bits per heavy atom. The minimum Gasteiger partial charge on any atom is -0.478 e. The summed E-state index contributed by atoms with van der Waals surface area (Å²) in [6.07, 6.45) is 3.23. The topological polar surface area (TPSA) is 87.4 Å². The first-order valence-electron chi connectivity index (χ1n) is 4.96. The molecule has 0 aromatic heterocycles. The Bertz CT molecular complexity index is 255. The van der Waals surface area contributed by atoms with Crippen LogP contribution in [0.1, 0.15) is 32.6 Å². The molecule has 0 amide bonds. The summed E-state index contributed by atoms with van der Waals surface area (Å²) in [4.78, 5) is 20.0. The van der Waals surface area contributed by atoms with E-state index in [1.165, 1.54) is 0 Å². The van der Waals surface area contributed by atoms with Crippen LogP contribution in [0.4, 0.5) is 0 Å². The Hall–Kier alpha value is -1.83. The van der Waals surface area contributed by atoms with Crippen molar-refractivity contribution in [1.82, 2.24) is 0 Å². The molecule has 0 aliphatic heterocycles. The maximum Gasteiger partial charge on any atom is 0.327 e. The van der Waals surface area contributed by atoms with Gasteiger partial charge in [-0.05, 0) is 12.8 Å². The Kier molecular flexibility index (Phi) is 13.7. The summed E-state index contributed by atoms with van der Waals surface area (Å²) < 4.78 is 4.79. The molecular weight excluding hydrogens is 210 g/mol. The van der Waals surface area contributed by atoms with E-state index in [-0.39, 0.29) is 5.97 Å². The summed E-state index contributed by atoms with van der Waals surface area (Å²) in [6, 6.07) is 1.98. The molecule has 0 atom stereocenters. The third-order valence-corrected chi connectivity index (χ3v) is 1.32. The van der Waals surface area contributed by atoms with E-state index in [0.29, 0.717) is 25.9 Å². The van der Waals surface area contributed by atoms with Gasteiger partial charge in [0.05, 0.1) is 12.7 Å². The highest BCUT2D eigenvalue weighted by Gasteiger charge is 1.98. The van der Waals surface area contributed by atoms with Crippen molar-refractivity contribution in [3.63, 3.8) is 0 Å². The van der Waals surface area contributed by atoms with E-state index in [9.17, 15) is 9.59 Å². The fourth-order valence-corrected chi connectivity index (χ4v) is 0.614. The molecule has 0 saturated heterocycles. The number of nitrogens with zero attached hydrogens (tertiary/aromatic N) is 1. The van der Waals surface area contributed by atoms with Crippen molar-refractivity contribution >= 4 is 11.9 Å². The van der Waals surface area contributed by atoms with Crippen LogP contribution >= 0.6 is 0 Å². The van der Waals surface area contributed by atoms with E-state index in [4.69, 9.17) is 15.1 Å². The Morgan fingerprint density at radius 2 is 2.12 bits per heavy atom. The van der Waals surface area contributed by atoms with Crippen LogP contribution in [0.15, 0.2) is 12.7 Å². The molecule has 0 saturated carbocycles. The number of unbranched alkanes of at least 4 members (excludes halogenated alkanes) is 1. The van der Waals surface area contributed by atoms with Gasteiger partial charge in [0.25, 0.3) is 0 Å². The standard InChI is InChI=1S/C8H13NO2.C3H4O2/c1-2-5-8(10)11-7-4-3-6-9;1-2-3(4)5/h2-5,7H2,1H3;2H,1H2,(H,4,5). The van der Waals surface area contributed by atoms with E-state index in [0.717, 1.165) is 12.5 Å². The number of rotatable bonds is 6. The molecule has 16 heavy (non-hydrogen) atoms. The molecule has 0 fully saturated rings. The molecule has 0 aromatic rings. The molecule has 5 heteroatoms. The monoisotopic (exact) mass is 227 g/mol. The van der Waals surface area contributed by atoms with Crippen molar-refractivity contribution in [2.45, 2.75) is 32.6 Å². The van der Waals surface area contributed by atoms with Crippen LogP contribution in [0.25, 0.3) is 0 Å². The van der Waals surface area contributed by atoms with Crippen molar-refractivity contribution in [2.75, 3.05) is 6.61 Å². The lowest BCUT2D eigenvalue weighted by Gasteiger charge is -2.00. The number of carbonyl (C=O) groups excluding carboxylic acids is 1. The van der Waals surface area contributed by atoms with E-state index in [1.54, 1.807) is 0 Å². The van der Waals surface area contributed by atoms with E-state index >= 15 is 0 Å². The summed E-state index contributed by atoms with van der Waals surface area (Å²) in [5, 5.41) is 15.7. The summed E-state index contributed by atoms with van der Waals surface area (Å²) in [7, 11) is 0. The highest BCUT2D eigenvalue weighted by Crippen LogP contribution is 1.93. The number of carbonyl (C=O) groups is 2. The molecule has 0 bridgehead atoms. The molecule has 0 radical (unpaired) electrons.